The van der Waals surface area contributed by atoms with Gasteiger partial charge in [0.2, 0.25) is 0 Å². The molecule has 0 radical (unpaired) electrons. The third-order valence-corrected chi connectivity index (χ3v) is 5.45. The summed E-state index contributed by atoms with van der Waals surface area (Å²) in [5.41, 5.74) is -1.20. The lowest BCUT2D eigenvalue weighted by molar-refractivity contribution is -0.146. The van der Waals surface area contributed by atoms with Crippen molar-refractivity contribution in [2.75, 3.05) is 7.05 Å². The number of urea groups is 1. The number of nitrogens with one attached hydrogen (secondary N) is 1. The molecular weight excluding hydrogens is 256 g/mol. The molecule has 5 heteroatoms. The molecule has 4 unspecified atom stereocenters. The summed E-state index contributed by atoms with van der Waals surface area (Å²) in [7, 11) is 1.54. The van der Waals surface area contributed by atoms with E-state index in [1.807, 2.05) is 6.92 Å². The van der Waals surface area contributed by atoms with Gasteiger partial charge in [0.15, 0.2) is 0 Å². The minimum atomic E-state index is -1.20. The van der Waals surface area contributed by atoms with Gasteiger partial charge in [0.05, 0.1) is 0 Å². The zero-order valence-corrected chi connectivity index (χ0v) is 12.8. The molecule has 2 aliphatic carbocycles. The molecule has 2 fully saturated rings. The summed E-state index contributed by atoms with van der Waals surface area (Å²) in [6.07, 6.45) is 5.14. The Hall–Kier alpha value is -1.26. The first kappa shape index (κ1) is 15.1. The number of hydrogen-bond donors (Lipinski definition) is 2. The van der Waals surface area contributed by atoms with E-state index in [0.29, 0.717) is 5.92 Å². The number of carbonyl (C=O) groups is 2. The summed E-state index contributed by atoms with van der Waals surface area (Å²) in [5.74, 6) is 1.15. The Bertz CT molecular complexity index is 408. The standard InChI is InChI=1S/C15H26N2O3/c1-9(12-8-10-5-6-11(12)7-10)16-14(20)17(4)15(2,3)13(18)19/h9-12H,5-8H2,1-4H3,(H,16,20)(H,18,19). The number of nitrogens with zero attached hydrogens (tertiary/aromatic N) is 1. The van der Waals surface area contributed by atoms with Gasteiger partial charge in [0.1, 0.15) is 5.54 Å². The van der Waals surface area contributed by atoms with Crippen molar-refractivity contribution >= 4 is 12.0 Å². The van der Waals surface area contributed by atoms with E-state index in [1.54, 1.807) is 0 Å². The van der Waals surface area contributed by atoms with Crippen LogP contribution in [0.15, 0.2) is 0 Å². The number of fused-ring (bicyclic) bond motifs is 2. The SMILES string of the molecule is CC(NC(=O)N(C)C(C)(C)C(=O)O)C1CC2CCC1C2. The molecular formula is C15H26N2O3. The largest absolute Gasteiger partial charge is 0.480 e. The smallest absolute Gasteiger partial charge is 0.329 e. The van der Waals surface area contributed by atoms with Crippen LogP contribution in [0.25, 0.3) is 0 Å². The molecule has 2 aliphatic rings. The van der Waals surface area contributed by atoms with Gasteiger partial charge in [-0.25, -0.2) is 9.59 Å². The van der Waals surface area contributed by atoms with Crippen LogP contribution >= 0.6 is 0 Å². The lowest BCUT2D eigenvalue weighted by Crippen LogP contribution is -2.56. The van der Waals surface area contributed by atoms with Crippen molar-refractivity contribution in [3.63, 3.8) is 0 Å². The minimum absolute atomic E-state index is 0.116. The highest BCUT2D eigenvalue weighted by Gasteiger charge is 2.43. The fourth-order valence-corrected chi connectivity index (χ4v) is 3.70. The second-order valence-electron chi connectivity index (χ2n) is 7.00. The molecule has 114 valence electrons. The molecule has 0 spiro atoms. The van der Waals surface area contributed by atoms with Crippen LogP contribution in [0.4, 0.5) is 4.79 Å². The van der Waals surface area contributed by atoms with E-state index in [9.17, 15) is 14.7 Å². The predicted molar refractivity (Wildman–Crippen MR) is 76.4 cm³/mol. The number of carbonyl (C=O) groups excluding carboxylic acids is 1. The molecule has 2 amide bonds. The van der Waals surface area contributed by atoms with Gasteiger partial charge in [0.25, 0.3) is 0 Å². The lowest BCUT2D eigenvalue weighted by atomic mass is 9.84. The zero-order chi connectivity index (χ0) is 15.1. The van der Waals surface area contributed by atoms with Crippen molar-refractivity contribution < 1.29 is 14.7 Å². The van der Waals surface area contributed by atoms with E-state index in [4.69, 9.17) is 0 Å². The number of hydrogen-bond acceptors (Lipinski definition) is 2. The van der Waals surface area contributed by atoms with Gasteiger partial charge in [-0.2, -0.15) is 0 Å². The monoisotopic (exact) mass is 282 g/mol. The second-order valence-corrected chi connectivity index (χ2v) is 7.00. The van der Waals surface area contributed by atoms with Crippen LogP contribution in [0.2, 0.25) is 0 Å². The van der Waals surface area contributed by atoms with Crippen LogP contribution in [0.3, 0.4) is 0 Å². The molecule has 20 heavy (non-hydrogen) atoms. The number of amides is 2. The number of rotatable bonds is 4. The van der Waals surface area contributed by atoms with Crippen molar-refractivity contribution in [3.05, 3.63) is 0 Å². The van der Waals surface area contributed by atoms with Gasteiger partial charge >= 0.3 is 12.0 Å². The maximum atomic E-state index is 12.2. The van der Waals surface area contributed by atoms with Gasteiger partial charge in [-0.15, -0.1) is 0 Å². The van der Waals surface area contributed by atoms with Gasteiger partial charge in [-0.05, 0) is 57.8 Å². The molecule has 2 rings (SSSR count). The van der Waals surface area contributed by atoms with E-state index < -0.39 is 11.5 Å². The Labute approximate surface area is 120 Å². The Morgan fingerprint density at radius 2 is 1.95 bits per heavy atom. The van der Waals surface area contributed by atoms with Crippen molar-refractivity contribution in [1.82, 2.24) is 10.2 Å². The highest BCUT2D eigenvalue weighted by Crippen LogP contribution is 2.49. The summed E-state index contributed by atoms with van der Waals surface area (Å²) >= 11 is 0. The molecule has 2 N–H and O–H groups in total. The molecule has 0 heterocycles. The minimum Gasteiger partial charge on any atom is -0.480 e. The molecule has 2 bridgehead atoms. The van der Waals surface area contributed by atoms with Crippen molar-refractivity contribution in [2.45, 2.75) is 58.0 Å². The van der Waals surface area contributed by atoms with Crippen molar-refractivity contribution in [1.29, 1.82) is 0 Å². The molecule has 0 aromatic rings. The zero-order valence-electron chi connectivity index (χ0n) is 12.8. The van der Waals surface area contributed by atoms with Crippen LogP contribution in [-0.2, 0) is 4.79 Å². The van der Waals surface area contributed by atoms with Crippen LogP contribution < -0.4 is 5.32 Å². The van der Waals surface area contributed by atoms with E-state index in [1.165, 1.54) is 51.5 Å². The average Bonchev–Trinajstić information content (AvgIpc) is 2.99. The summed E-state index contributed by atoms with van der Waals surface area (Å²) in [4.78, 5) is 24.7. The fourth-order valence-electron chi connectivity index (χ4n) is 3.70. The highest BCUT2D eigenvalue weighted by molar-refractivity contribution is 5.85. The van der Waals surface area contributed by atoms with Crippen molar-refractivity contribution in [3.8, 4) is 0 Å². The first-order chi connectivity index (χ1) is 9.23. The molecule has 0 aliphatic heterocycles. The lowest BCUT2D eigenvalue weighted by Gasteiger charge is -2.35. The third kappa shape index (κ3) is 2.63. The van der Waals surface area contributed by atoms with E-state index in [0.717, 1.165) is 11.8 Å². The van der Waals surface area contributed by atoms with E-state index in [2.05, 4.69) is 5.32 Å². The van der Waals surface area contributed by atoms with Crippen LogP contribution in [0.1, 0.15) is 46.5 Å². The number of carboxylic acid groups (broad SMARTS) is 1. The third-order valence-electron chi connectivity index (χ3n) is 5.45. The Morgan fingerprint density at radius 1 is 1.30 bits per heavy atom. The fraction of sp³-hybridized carbons (Fsp3) is 0.867. The first-order valence-electron chi connectivity index (χ1n) is 7.51. The topological polar surface area (TPSA) is 69.6 Å². The first-order valence-corrected chi connectivity index (χ1v) is 7.51. The molecule has 0 aromatic carbocycles. The number of carboxylic acids is 1. The van der Waals surface area contributed by atoms with E-state index >= 15 is 0 Å². The Morgan fingerprint density at radius 3 is 2.40 bits per heavy atom. The van der Waals surface area contributed by atoms with E-state index in [-0.39, 0.29) is 12.1 Å². The summed E-state index contributed by atoms with van der Waals surface area (Å²) in [6, 6.07) is -0.183. The Balaban J connectivity index is 1.92. The average molecular weight is 282 g/mol. The van der Waals surface area contributed by atoms with Gasteiger partial charge < -0.3 is 15.3 Å². The second kappa shape index (κ2) is 5.26. The molecule has 0 aromatic heterocycles. The molecule has 4 atom stereocenters. The highest BCUT2D eigenvalue weighted by atomic mass is 16.4. The molecule has 0 saturated heterocycles. The predicted octanol–water partition coefficient (Wildman–Crippen LogP) is 2.32. The van der Waals surface area contributed by atoms with Crippen LogP contribution in [0, 0.1) is 17.8 Å². The van der Waals surface area contributed by atoms with Crippen LogP contribution in [-0.4, -0.2) is 40.6 Å². The normalized spacial score (nSPS) is 30.1. The molecule has 2 saturated carbocycles. The quantitative estimate of drug-likeness (QED) is 0.831. The maximum Gasteiger partial charge on any atom is 0.329 e. The number of aliphatic carboxylic acids is 1. The summed E-state index contributed by atoms with van der Waals surface area (Å²) in [5, 5.41) is 12.2. The van der Waals surface area contributed by atoms with Gasteiger partial charge in [-0.1, -0.05) is 6.42 Å². The number of likely N-dealkylation sites (N-methyl/N-ethyl adjacent to an activating group) is 1. The van der Waals surface area contributed by atoms with Crippen LogP contribution in [0.5, 0.6) is 0 Å². The molecule has 5 nitrogen and oxygen atoms in total. The van der Waals surface area contributed by atoms with Gasteiger partial charge in [0, 0.05) is 13.1 Å². The van der Waals surface area contributed by atoms with Gasteiger partial charge in [-0.3, -0.25) is 0 Å². The van der Waals surface area contributed by atoms with Crippen molar-refractivity contribution in [2.24, 2.45) is 17.8 Å². The Kier molecular flexibility index (Phi) is 3.98. The summed E-state index contributed by atoms with van der Waals surface area (Å²) < 4.78 is 0. The summed E-state index contributed by atoms with van der Waals surface area (Å²) in [6.45, 7) is 5.12. The maximum absolute atomic E-state index is 12.2.